The number of aryl methyl sites for hydroxylation is 4. The van der Waals surface area contributed by atoms with Crippen molar-refractivity contribution in [1.82, 2.24) is 20.1 Å². The van der Waals surface area contributed by atoms with Gasteiger partial charge in [-0.2, -0.15) is 0 Å². The topological polar surface area (TPSA) is 67.6 Å². The second kappa shape index (κ2) is 5.87. The molecule has 1 aromatic carbocycles. The minimum absolute atomic E-state index is 0. The quantitative estimate of drug-likeness (QED) is 0.544. The SMILES string of the molecule is C.Cc1nc2c(-c3ncsc3C)cc(-c3c(C)noc3C)cc2[nH]1. The number of H-pyrrole nitrogens is 1. The summed E-state index contributed by atoms with van der Waals surface area (Å²) in [6, 6.07) is 4.24. The van der Waals surface area contributed by atoms with Crippen molar-refractivity contribution in [3.05, 3.63) is 39.8 Å². The number of hydrogen-bond donors (Lipinski definition) is 1. The molecule has 0 amide bonds. The third-order valence-corrected chi connectivity index (χ3v) is 4.78. The highest BCUT2D eigenvalue weighted by atomic mass is 32.1. The van der Waals surface area contributed by atoms with E-state index in [4.69, 9.17) is 4.52 Å². The van der Waals surface area contributed by atoms with Crippen molar-refractivity contribution in [2.45, 2.75) is 35.1 Å². The maximum atomic E-state index is 5.33. The Kier molecular flexibility index (Phi) is 4.01. The summed E-state index contributed by atoms with van der Waals surface area (Å²) in [7, 11) is 0. The Balaban J connectivity index is 0.00000169. The summed E-state index contributed by atoms with van der Waals surface area (Å²) >= 11 is 1.64. The number of aromatic nitrogens is 4. The van der Waals surface area contributed by atoms with E-state index in [9.17, 15) is 0 Å². The van der Waals surface area contributed by atoms with E-state index in [2.05, 4.69) is 39.2 Å². The second-order valence-electron chi connectivity index (χ2n) is 5.70. The van der Waals surface area contributed by atoms with E-state index in [0.29, 0.717) is 0 Å². The molecular weight excluding hydrogens is 320 g/mol. The number of benzene rings is 1. The average molecular weight is 340 g/mol. The van der Waals surface area contributed by atoms with Crippen molar-refractivity contribution in [3.8, 4) is 22.4 Å². The molecule has 4 aromatic rings. The summed E-state index contributed by atoms with van der Waals surface area (Å²) in [5, 5.41) is 4.07. The van der Waals surface area contributed by atoms with Crippen LogP contribution >= 0.6 is 11.3 Å². The van der Waals surface area contributed by atoms with Gasteiger partial charge in [0.1, 0.15) is 11.6 Å². The Morgan fingerprint density at radius 2 is 1.92 bits per heavy atom. The fourth-order valence-corrected chi connectivity index (χ4v) is 3.62. The van der Waals surface area contributed by atoms with Gasteiger partial charge in [-0.3, -0.25) is 0 Å². The van der Waals surface area contributed by atoms with Crippen LogP contribution in [0.5, 0.6) is 0 Å². The first-order valence-electron chi connectivity index (χ1n) is 7.38. The molecule has 4 rings (SSSR count). The average Bonchev–Trinajstić information content (AvgIpc) is 3.17. The molecule has 1 N–H and O–H groups in total. The van der Waals surface area contributed by atoms with Crippen LogP contribution in [0.3, 0.4) is 0 Å². The molecule has 0 spiro atoms. The van der Waals surface area contributed by atoms with E-state index in [-0.39, 0.29) is 7.43 Å². The van der Waals surface area contributed by atoms with Crippen LogP contribution in [-0.4, -0.2) is 20.1 Å². The van der Waals surface area contributed by atoms with E-state index < -0.39 is 0 Å². The van der Waals surface area contributed by atoms with Crippen LogP contribution in [0, 0.1) is 27.7 Å². The van der Waals surface area contributed by atoms with Gasteiger partial charge < -0.3 is 9.51 Å². The van der Waals surface area contributed by atoms with Gasteiger partial charge in [-0.1, -0.05) is 12.6 Å². The predicted molar refractivity (Wildman–Crippen MR) is 98.4 cm³/mol. The van der Waals surface area contributed by atoms with Crippen molar-refractivity contribution < 1.29 is 4.52 Å². The molecule has 6 heteroatoms. The molecule has 3 aromatic heterocycles. The van der Waals surface area contributed by atoms with Gasteiger partial charge in [0.2, 0.25) is 0 Å². The number of imidazole rings is 1. The van der Waals surface area contributed by atoms with Gasteiger partial charge in [0.05, 0.1) is 27.9 Å². The van der Waals surface area contributed by atoms with E-state index in [1.54, 1.807) is 11.3 Å². The number of nitrogens with one attached hydrogen (secondary N) is 1. The largest absolute Gasteiger partial charge is 0.361 e. The van der Waals surface area contributed by atoms with Gasteiger partial charge in [0.15, 0.2) is 0 Å². The molecule has 0 unspecified atom stereocenters. The van der Waals surface area contributed by atoms with Crippen molar-refractivity contribution in [3.63, 3.8) is 0 Å². The van der Waals surface area contributed by atoms with Crippen LogP contribution in [-0.2, 0) is 0 Å². The molecule has 24 heavy (non-hydrogen) atoms. The fourth-order valence-electron chi connectivity index (χ4n) is 3.02. The van der Waals surface area contributed by atoms with Crippen molar-refractivity contribution in [2.24, 2.45) is 0 Å². The first-order valence-corrected chi connectivity index (χ1v) is 8.26. The van der Waals surface area contributed by atoms with Crippen LogP contribution in [0.15, 0.2) is 22.2 Å². The smallest absolute Gasteiger partial charge is 0.141 e. The molecule has 0 aliphatic heterocycles. The summed E-state index contributed by atoms with van der Waals surface area (Å²) in [5.74, 6) is 1.71. The number of nitrogens with zero attached hydrogens (tertiary/aromatic N) is 3. The summed E-state index contributed by atoms with van der Waals surface area (Å²) in [6.07, 6.45) is 0. The van der Waals surface area contributed by atoms with Crippen molar-refractivity contribution >= 4 is 22.4 Å². The summed E-state index contributed by atoms with van der Waals surface area (Å²) in [6.45, 7) is 7.95. The number of fused-ring (bicyclic) bond motifs is 1. The number of rotatable bonds is 2. The molecule has 0 radical (unpaired) electrons. The molecule has 0 bridgehead atoms. The van der Waals surface area contributed by atoms with Crippen LogP contribution < -0.4 is 0 Å². The zero-order valence-corrected chi connectivity index (χ0v) is 14.2. The van der Waals surface area contributed by atoms with Gasteiger partial charge >= 0.3 is 0 Å². The molecule has 3 heterocycles. The summed E-state index contributed by atoms with van der Waals surface area (Å²) in [5.41, 5.74) is 8.85. The van der Waals surface area contributed by atoms with Gasteiger partial charge in [-0.15, -0.1) is 11.3 Å². The molecule has 124 valence electrons. The third kappa shape index (κ3) is 2.43. The highest BCUT2D eigenvalue weighted by Gasteiger charge is 2.18. The Hall–Kier alpha value is -2.47. The Morgan fingerprint density at radius 3 is 2.54 bits per heavy atom. The zero-order chi connectivity index (χ0) is 16.1. The lowest BCUT2D eigenvalue weighted by molar-refractivity contribution is 0.393. The van der Waals surface area contributed by atoms with Crippen LogP contribution in [0.4, 0.5) is 0 Å². The maximum Gasteiger partial charge on any atom is 0.141 e. The fraction of sp³-hybridized carbons (Fsp3) is 0.278. The van der Waals surface area contributed by atoms with Crippen LogP contribution in [0.25, 0.3) is 33.4 Å². The molecule has 0 aliphatic carbocycles. The van der Waals surface area contributed by atoms with Gasteiger partial charge in [0.25, 0.3) is 0 Å². The second-order valence-corrected chi connectivity index (χ2v) is 6.76. The molecule has 5 nitrogen and oxygen atoms in total. The summed E-state index contributed by atoms with van der Waals surface area (Å²) < 4.78 is 5.33. The molecular formula is C18H20N4OS. The predicted octanol–water partition coefficient (Wildman–Crippen LogP) is 5.21. The van der Waals surface area contributed by atoms with Gasteiger partial charge in [-0.05, 0) is 45.4 Å². The lowest BCUT2D eigenvalue weighted by atomic mass is 9.99. The number of thiazole rings is 1. The van der Waals surface area contributed by atoms with E-state index in [1.165, 1.54) is 4.88 Å². The molecule has 0 atom stereocenters. The normalized spacial score (nSPS) is 11.0. The Bertz CT molecular complexity index is 1010. The number of hydrogen-bond acceptors (Lipinski definition) is 5. The molecule has 0 saturated heterocycles. The van der Waals surface area contributed by atoms with E-state index in [0.717, 1.165) is 50.7 Å². The van der Waals surface area contributed by atoms with Crippen LogP contribution in [0.1, 0.15) is 29.6 Å². The van der Waals surface area contributed by atoms with Crippen molar-refractivity contribution in [1.29, 1.82) is 0 Å². The zero-order valence-electron chi connectivity index (χ0n) is 13.4. The molecule has 0 aliphatic rings. The van der Waals surface area contributed by atoms with Gasteiger partial charge in [0, 0.05) is 16.0 Å². The minimum atomic E-state index is 0. The standard InChI is InChI=1S/C17H16N4OS.CH4/c1-8-15(9(2)22-21-8)12-5-13(16-10(3)23-7-18-16)17-14(6-12)19-11(4)20-17;/h5-7H,1-4H3,(H,19,20);1H4. The minimum Gasteiger partial charge on any atom is -0.361 e. The third-order valence-electron chi connectivity index (χ3n) is 4.03. The monoisotopic (exact) mass is 340 g/mol. The Morgan fingerprint density at radius 1 is 1.12 bits per heavy atom. The van der Waals surface area contributed by atoms with Crippen molar-refractivity contribution in [2.75, 3.05) is 0 Å². The Labute approximate surface area is 144 Å². The number of aromatic amines is 1. The summed E-state index contributed by atoms with van der Waals surface area (Å²) in [4.78, 5) is 13.7. The lowest BCUT2D eigenvalue weighted by Crippen LogP contribution is -1.88. The lowest BCUT2D eigenvalue weighted by Gasteiger charge is -2.06. The maximum absolute atomic E-state index is 5.33. The van der Waals surface area contributed by atoms with E-state index in [1.807, 2.05) is 26.3 Å². The molecule has 0 saturated carbocycles. The first-order chi connectivity index (χ1) is 11.0. The van der Waals surface area contributed by atoms with Gasteiger partial charge in [-0.25, -0.2) is 9.97 Å². The molecule has 0 fully saturated rings. The highest BCUT2D eigenvalue weighted by Crippen LogP contribution is 2.36. The van der Waals surface area contributed by atoms with Crippen LogP contribution in [0.2, 0.25) is 0 Å². The first kappa shape index (κ1) is 16.4. The highest BCUT2D eigenvalue weighted by molar-refractivity contribution is 7.10. The van der Waals surface area contributed by atoms with E-state index >= 15 is 0 Å².